The minimum Gasteiger partial charge on any atom is -0.504 e. The molecule has 0 bridgehead atoms. The summed E-state index contributed by atoms with van der Waals surface area (Å²) in [5, 5.41) is 33.5. The molecule has 0 saturated carbocycles. The number of nitrogens with two attached hydrogens (primary N) is 1. The van der Waals surface area contributed by atoms with E-state index < -0.39 is 17.4 Å². The van der Waals surface area contributed by atoms with Crippen LogP contribution in [0.5, 0.6) is 23.0 Å². The van der Waals surface area contributed by atoms with E-state index >= 15 is 0 Å². The maximum absolute atomic E-state index is 14.2. The van der Waals surface area contributed by atoms with Gasteiger partial charge in [0.15, 0.2) is 23.0 Å². The molecule has 2 heterocycles. The summed E-state index contributed by atoms with van der Waals surface area (Å²) in [5.74, 6) is -1.43. The van der Waals surface area contributed by atoms with Gasteiger partial charge in [0, 0.05) is 5.69 Å². The smallest absolute Gasteiger partial charge is 0.274 e. The molecule has 5 rings (SSSR count). The Hall–Kier alpha value is -5.47. The molecule has 43 heavy (non-hydrogen) atoms. The number of carbonyl (C=O) groups excluding carboxylic acids is 1. The van der Waals surface area contributed by atoms with Gasteiger partial charge in [0.25, 0.3) is 11.5 Å². The van der Waals surface area contributed by atoms with Crippen LogP contribution < -0.4 is 35.3 Å². The summed E-state index contributed by atoms with van der Waals surface area (Å²) in [6.07, 6.45) is 1.59. The van der Waals surface area contributed by atoms with Crippen molar-refractivity contribution >= 4 is 40.4 Å². The van der Waals surface area contributed by atoms with Crippen LogP contribution in [0.15, 0.2) is 65.0 Å². The Bertz CT molecular complexity index is 2030. The predicted octanol–water partition coefficient (Wildman–Crippen LogP) is 3.02. The summed E-state index contributed by atoms with van der Waals surface area (Å²) in [5.41, 5.74) is 9.55. The monoisotopic (exact) mass is 596 g/mol. The molecule has 0 fully saturated rings. The highest BCUT2D eigenvalue weighted by Gasteiger charge is 2.36. The van der Waals surface area contributed by atoms with Gasteiger partial charge in [-0.05, 0) is 78.6 Å². The normalized spacial score (nSPS) is 14.7. The third kappa shape index (κ3) is 5.31. The predicted molar refractivity (Wildman–Crippen MR) is 164 cm³/mol. The number of hydrogen-bond donors (Lipinski definition) is 4. The van der Waals surface area contributed by atoms with Gasteiger partial charge in [-0.3, -0.25) is 14.2 Å². The van der Waals surface area contributed by atoms with Gasteiger partial charge in [0.1, 0.15) is 10.5 Å². The van der Waals surface area contributed by atoms with Crippen LogP contribution in [-0.2, 0) is 4.79 Å². The molecule has 5 N–H and O–H groups in total. The topological polar surface area (TPSA) is 160 Å². The molecule has 1 aliphatic heterocycles. The number of nitriles is 1. The van der Waals surface area contributed by atoms with Crippen molar-refractivity contribution in [2.45, 2.75) is 19.8 Å². The van der Waals surface area contributed by atoms with E-state index in [0.717, 1.165) is 22.5 Å². The van der Waals surface area contributed by atoms with Gasteiger partial charge >= 0.3 is 0 Å². The first-order valence-electron chi connectivity index (χ1n) is 13.1. The average Bonchev–Trinajstić information content (AvgIpc) is 3.28. The van der Waals surface area contributed by atoms with E-state index in [1.165, 1.54) is 37.0 Å². The van der Waals surface area contributed by atoms with Gasteiger partial charge in [-0.25, -0.2) is 0 Å². The second-order valence-electron chi connectivity index (χ2n) is 10.0. The molecular formula is C32H28N4O6S. The summed E-state index contributed by atoms with van der Waals surface area (Å²) in [6.45, 7) is 3.83. The molecular weight excluding hydrogens is 568 g/mol. The third-order valence-electron chi connectivity index (χ3n) is 7.03. The van der Waals surface area contributed by atoms with Crippen molar-refractivity contribution in [3.63, 3.8) is 0 Å². The minimum atomic E-state index is -0.981. The van der Waals surface area contributed by atoms with Crippen molar-refractivity contribution in [3.8, 4) is 29.1 Å². The lowest BCUT2D eigenvalue weighted by atomic mass is 9.83. The molecule has 0 radical (unpaired) electrons. The fourth-order valence-electron chi connectivity index (χ4n) is 5.16. The molecule has 11 heteroatoms. The van der Waals surface area contributed by atoms with Gasteiger partial charge in [-0.1, -0.05) is 18.2 Å². The maximum atomic E-state index is 14.2. The van der Waals surface area contributed by atoms with Gasteiger partial charge < -0.3 is 30.7 Å². The SMILES string of the molecule is COc1cc(/C=c2\sc3n(c2=O)C(N)=C(C#N)C(c2ccc(O)c(OC)c2)C=3C(=O)Nc2cc(C)cc(C)c2)ccc1O. The molecule has 1 atom stereocenters. The molecule has 10 nitrogen and oxygen atoms in total. The number of carbonyl (C=O) groups is 1. The number of anilines is 1. The number of nitrogens with one attached hydrogen (secondary N) is 1. The Morgan fingerprint density at radius 2 is 1.65 bits per heavy atom. The number of aromatic hydroxyl groups is 2. The largest absolute Gasteiger partial charge is 0.504 e. The minimum absolute atomic E-state index is 0.0106. The number of aromatic nitrogens is 1. The van der Waals surface area contributed by atoms with Gasteiger partial charge in [0.05, 0.1) is 41.9 Å². The Kier molecular flexibility index (Phi) is 7.72. The fourth-order valence-corrected chi connectivity index (χ4v) is 6.33. The first kappa shape index (κ1) is 29.0. The Labute approximate surface area is 250 Å². The maximum Gasteiger partial charge on any atom is 0.274 e. The molecule has 3 aromatic carbocycles. The summed E-state index contributed by atoms with van der Waals surface area (Å²) in [7, 11) is 2.81. The van der Waals surface area contributed by atoms with Gasteiger partial charge in [-0.2, -0.15) is 5.26 Å². The zero-order valence-electron chi connectivity index (χ0n) is 23.8. The van der Waals surface area contributed by atoms with Gasteiger partial charge in [-0.15, -0.1) is 11.3 Å². The second kappa shape index (κ2) is 11.4. The Balaban J connectivity index is 1.82. The lowest BCUT2D eigenvalue weighted by molar-refractivity contribution is -0.111. The van der Waals surface area contributed by atoms with E-state index in [1.54, 1.807) is 24.3 Å². The second-order valence-corrected chi connectivity index (χ2v) is 11.0. The molecule has 1 aliphatic rings. The van der Waals surface area contributed by atoms with Crippen LogP contribution in [0.25, 0.3) is 17.5 Å². The average molecular weight is 597 g/mol. The Morgan fingerprint density at radius 1 is 1.02 bits per heavy atom. The Morgan fingerprint density at radius 3 is 2.28 bits per heavy atom. The van der Waals surface area contributed by atoms with E-state index in [2.05, 4.69) is 11.4 Å². The highest BCUT2D eigenvalue weighted by molar-refractivity contribution is 7.07. The number of phenolic OH excluding ortho intramolecular Hbond substituents is 2. The zero-order chi connectivity index (χ0) is 31.0. The number of benzene rings is 3. The van der Waals surface area contributed by atoms with Crippen LogP contribution in [0, 0.1) is 25.2 Å². The summed E-state index contributed by atoms with van der Waals surface area (Å²) in [6, 6.07) is 16.9. The number of nitrogens with zero attached hydrogens (tertiary/aromatic N) is 2. The van der Waals surface area contributed by atoms with E-state index in [9.17, 15) is 25.1 Å². The van der Waals surface area contributed by atoms with Crippen LogP contribution in [0.4, 0.5) is 5.69 Å². The van der Waals surface area contributed by atoms with Crippen molar-refractivity contribution in [1.82, 2.24) is 4.57 Å². The highest BCUT2D eigenvalue weighted by atomic mass is 32.1. The zero-order valence-corrected chi connectivity index (χ0v) is 24.6. The fraction of sp³-hybridized carbons (Fsp3) is 0.156. The molecule has 4 aromatic rings. The summed E-state index contributed by atoms with van der Waals surface area (Å²) < 4.78 is 12.2. The van der Waals surface area contributed by atoms with Crippen LogP contribution in [0.2, 0.25) is 0 Å². The molecule has 0 aliphatic carbocycles. The number of thiazole rings is 1. The van der Waals surface area contributed by atoms with Crippen molar-refractivity contribution in [1.29, 1.82) is 5.26 Å². The standard InChI is InChI=1S/C32H28N4O6S/c1-16-9-17(2)11-20(10-16)35-30(39)28-27(19-6-8-23(38)25(14-19)42-4)21(15-33)29(34)36-31(40)26(43-32(28)36)13-18-5-7-22(37)24(12-18)41-3/h5-14,27,37-38H,34H2,1-4H3,(H,35,39)/b26-13-. The number of fused-ring (bicyclic) bond motifs is 1. The number of aryl methyl sites for hydroxylation is 2. The van der Waals surface area contributed by atoms with Crippen LogP contribution in [0.1, 0.15) is 28.2 Å². The van der Waals surface area contributed by atoms with Crippen molar-refractivity contribution < 1.29 is 24.5 Å². The van der Waals surface area contributed by atoms with Gasteiger partial charge in [0.2, 0.25) is 0 Å². The van der Waals surface area contributed by atoms with E-state index in [4.69, 9.17) is 15.2 Å². The third-order valence-corrected chi connectivity index (χ3v) is 8.14. The quantitative estimate of drug-likeness (QED) is 0.264. The van der Waals surface area contributed by atoms with Crippen LogP contribution in [0.3, 0.4) is 0 Å². The molecule has 0 spiro atoms. The summed E-state index contributed by atoms with van der Waals surface area (Å²) in [4.78, 5) is 27.9. The number of rotatable bonds is 6. The molecule has 1 unspecified atom stereocenters. The first-order chi connectivity index (χ1) is 20.6. The number of methoxy groups -OCH3 is 2. The molecule has 0 saturated heterocycles. The summed E-state index contributed by atoms with van der Waals surface area (Å²) >= 11 is 1.05. The van der Waals surface area contributed by atoms with E-state index in [0.29, 0.717) is 16.8 Å². The van der Waals surface area contributed by atoms with Crippen molar-refractivity contribution in [2.75, 3.05) is 19.5 Å². The number of amides is 1. The van der Waals surface area contributed by atoms with Crippen molar-refractivity contribution in [3.05, 3.63) is 102 Å². The van der Waals surface area contributed by atoms with E-state index in [1.807, 2.05) is 32.0 Å². The lowest BCUT2D eigenvalue weighted by Gasteiger charge is -2.25. The number of ether oxygens (including phenoxy) is 2. The molecule has 1 aromatic heterocycles. The first-order valence-corrected chi connectivity index (χ1v) is 13.9. The number of phenols is 2. The molecule has 1 amide bonds. The van der Waals surface area contributed by atoms with E-state index in [-0.39, 0.29) is 49.2 Å². The molecule has 218 valence electrons. The highest BCUT2D eigenvalue weighted by Crippen LogP contribution is 2.40. The number of allylic oxidation sites excluding steroid dienone is 1. The van der Waals surface area contributed by atoms with Crippen LogP contribution in [-0.4, -0.2) is 34.9 Å². The van der Waals surface area contributed by atoms with Crippen molar-refractivity contribution in [2.24, 2.45) is 5.73 Å². The number of hydrogen-bond acceptors (Lipinski definition) is 9. The van der Waals surface area contributed by atoms with Crippen LogP contribution >= 0.6 is 11.3 Å². The lowest BCUT2D eigenvalue weighted by Crippen LogP contribution is -2.40.